The van der Waals surface area contributed by atoms with Gasteiger partial charge < -0.3 is 16.0 Å². The normalized spacial score (nSPS) is 29.1. The molecule has 4 heteroatoms. The maximum atomic E-state index is 11.1. The number of piperidine rings is 2. The summed E-state index contributed by atoms with van der Waals surface area (Å²) in [6, 6.07) is 1.32. The van der Waals surface area contributed by atoms with E-state index in [9.17, 15) is 4.79 Å². The Bertz CT molecular complexity index is 268. The van der Waals surface area contributed by atoms with Gasteiger partial charge in [0.1, 0.15) is 0 Å². The van der Waals surface area contributed by atoms with Crippen LogP contribution in [0.1, 0.15) is 45.4 Å². The van der Waals surface area contributed by atoms with Crippen LogP contribution >= 0.6 is 0 Å². The van der Waals surface area contributed by atoms with Crippen molar-refractivity contribution in [1.82, 2.24) is 10.2 Å². The minimum Gasteiger partial charge on any atom is -0.369 e. The zero-order chi connectivity index (χ0) is 13.0. The van der Waals surface area contributed by atoms with Crippen LogP contribution in [-0.2, 0) is 4.79 Å². The minimum absolute atomic E-state index is 0.112. The number of likely N-dealkylation sites (tertiary alicyclic amines) is 1. The van der Waals surface area contributed by atoms with Gasteiger partial charge in [-0.3, -0.25) is 4.79 Å². The number of carbonyl (C=O) groups excluding carboxylic acids is 1. The quantitative estimate of drug-likeness (QED) is 0.789. The van der Waals surface area contributed by atoms with Crippen LogP contribution in [0.2, 0.25) is 0 Å². The molecule has 2 rings (SSSR count). The molecule has 2 aliphatic heterocycles. The molecule has 104 valence electrons. The van der Waals surface area contributed by atoms with E-state index < -0.39 is 0 Å². The van der Waals surface area contributed by atoms with Crippen molar-refractivity contribution in [1.29, 1.82) is 0 Å². The van der Waals surface area contributed by atoms with Gasteiger partial charge in [0.05, 0.1) is 0 Å². The third-order valence-electron chi connectivity index (χ3n) is 4.59. The summed E-state index contributed by atoms with van der Waals surface area (Å²) in [6.45, 7) is 5.56. The van der Waals surface area contributed by atoms with Crippen molar-refractivity contribution in [2.75, 3.05) is 19.6 Å². The first-order valence-corrected chi connectivity index (χ1v) is 7.43. The second kappa shape index (κ2) is 6.53. The third-order valence-corrected chi connectivity index (χ3v) is 4.59. The highest BCUT2D eigenvalue weighted by Gasteiger charge is 2.27. The SMILES string of the molecule is CC(CC1CCCCN1)N1CCC(C(N)=O)CC1. The number of hydrogen-bond donors (Lipinski definition) is 2. The van der Waals surface area contributed by atoms with E-state index in [0.29, 0.717) is 12.1 Å². The highest BCUT2D eigenvalue weighted by atomic mass is 16.1. The average molecular weight is 253 g/mol. The summed E-state index contributed by atoms with van der Waals surface area (Å²) in [5.74, 6) is -0.00231. The number of nitrogens with zero attached hydrogens (tertiary/aromatic N) is 1. The Hall–Kier alpha value is -0.610. The van der Waals surface area contributed by atoms with Crippen LogP contribution in [0.5, 0.6) is 0 Å². The maximum absolute atomic E-state index is 11.1. The van der Waals surface area contributed by atoms with Crippen LogP contribution in [-0.4, -0.2) is 42.5 Å². The molecule has 0 aromatic carbocycles. The summed E-state index contributed by atoms with van der Waals surface area (Å²) in [7, 11) is 0. The lowest BCUT2D eigenvalue weighted by atomic mass is 9.93. The Labute approximate surface area is 110 Å². The minimum atomic E-state index is -0.115. The summed E-state index contributed by atoms with van der Waals surface area (Å²) in [5.41, 5.74) is 5.37. The fraction of sp³-hybridized carbons (Fsp3) is 0.929. The van der Waals surface area contributed by atoms with E-state index in [1.807, 2.05) is 0 Å². The molecular formula is C14H27N3O. The van der Waals surface area contributed by atoms with Crippen molar-refractivity contribution in [3.05, 3.63) is 0 Å². The van der Waals surface area contributed by atoms with Crippen molar-refractivity contribution in [3.8, 4) is 0 Å². The maximum Gasteiger partial charge on any atom is 0.220 e. The zero-order valence-electron chi connectivity index (χ0n) is 11.5. The summed E-state index contributed by atoms with van der Waals surface area (Å²) in [4.78, 5) is 13.7. The highest BCUT2D eigenvalue weighted by Crippen LogP contribution is 2.21. The first-order valence-electron chi connectivity index (χ1n) is 7.43. The molecule has 0 spiro atoms. The summed E-state index contributed by atoms with van der Waals surface area (Å²) < 4.78 is 0. The molecule has 2 atom stereocenters. The van der Waals surface area contributed by atoms with E-state index in [4.69, 9.17) is 5.73 Å². The number of carbonyl (C=O) groups is 1. The molecule has 2 saturated heterocycles. The number of hydrogen-bond acceptors (Lipinski definition) is 3. The average Bonchev–Trinajstić information content (AvgIpc) is 2.40. The van der Waals surface area contributed by atoms with Crippen LogP contribution in [0.4, 0.5) is 0 Å². The van der Waals surface area contributed by atoms with Gasteiger partial charge in [-0.05, 0) is 58.7 Å². The van der Waals surface area contributed by atoms with E-state index >= 15 is 0 Å². The number of nitrogens with two attached hydrogens (primary N) is 1. The lowest BCUT2D eigenvalue weighted by Crippen LogP contribution is -2.46. The molecule has 0 radical (unpaired) electrons. The molecule has 2 heterocycles. The van der Waals surface area contributed by atoms with Gasteiger partial charge in [-0.25, -0.2) is 0 Å². The predicted octanol–water partition coefficient (Wildman–Crippen LogP) is 1.10. The molecule has 3 N–H and O–H groups in total. The largest absolute Gasteiger partial charge is 0.369 e. The van der Waals surface area contributed by atoms with Crippen LogP contribution in [0.25, 0.3) is 0 Å². The Balaban J connectivity index is 1.73. The molecule has 4 nitrogen and oxygen atoms in total. The van der Waals surface area contributed by atoms with Gasteiger partial charge in [-0.1, -0.05) is 6.42 Å². The third kappa shape index (κ3) is 3.69. The van der Waals surface area contributed by atoms with Crippen LogP contribution in [0, 0.1) is 5.92 Å². The summed E-state index contributed by atoms with van der Waals surface area (Å²) >= 11 is 0. The molecule has 0 bridgehead atoms. The lowest BCUT2D eigenvalue weighted by molar-refractivity contribution is -0.123. The number of primary amides is 1. The Morgan fingerprint density at radius 1 is 1.33 bits per heavy atom. The van der Waals surface area contributed by atoms with Crippen molar-refractivity contribution in [3.63, 3.8) is 0 Å². The van der Waals surface area contributed by atoms with Gasteiger partial charge >= 0.3 is 0 Å². The summed E-state index contributed by atoms with van der Waals surface area (Å²) in [6.07, 6.45) is 7.14. The second-order valence-corrected chi connectivity index (χ2v) is 5.94. The van der Waals surface area contributed by atoms with Gasteiger partial charge in [0.25, 0.3) is 0 Å². The molecular weight excluding hydrogens is 226 g/mol. The van der Waals surface area contributed by atoms with Crippen molar-refractivity contribution in [2.45, 2.75) is 57.5 Å². The molecule has 2 unspecified atom stereocenters. The number of amides is 1. The Morgan fingerprint density at radius 3 is 2.61 bits per heavy atom. The van der Waals surface area contributed by atoms with E-state index in [1.165, 1.54) is 32.2 Å². The number of rotatable bonds is 4. The lowest BCUT2D eigenvalue weighted by Gasteiger charge is -2.37. The van der Waals surface area contributed by atoms with Gasteiger partial charge in [-0.15, -0.1) is 0 Å². The predicted molar refractivity (Wildman–Crippen MR) is 73.2 cm³/mol. The molecule has 0 aromatic rings. The van der Waals surface area contributed by atoms with E-state index in [2.05, 4.69) is 17.1 Å². The van der Waals surface area contributed by atoms with E-state index in [0.717, 1.165) is 25.9 Å². The molecule has 2 fully saturated rings. The smallest absolute Gasteiger partial charge is 0.220 e. The monoisotopic (exact) mass is 253 g/mol. The van der Waals surface area contributed by atoms with Gasteiger partial charge in [0.2, 0.25) is 5.91 Å². The fourth-order valence-electron chi connectivity index (χ4n) is 3.31. The zero-order valence-corrected chi connectivity index (χ0v) is 11.5. The van der Waals surface area contributed by atoms with Gasteiger partial charge in [0, 0.05) is 18.0 Å². The van der Waals surface area contributed by atoms with Crippen LogP contribution in [0.15, 0.2) is 0 Å². The molecule has 0 aliphatic carbocycles. The van der Waals surface area contributed by atoms with Crippen LogP contribution in [0.3, 0.4) is 0 Å². The van der Waals surface area contributed by atoms with Crippen molar-refractivity contribution in [2.24, 2.45) is 11.7 Å². The number of nitrogens with one attached hydrogen (secondary N) is 1. The molecule has 2 aliphatic rings. The first-order chi connectivity index (χ1) is 8.66. The first kappa shape index (κ1) is 13.8. The molecule has 0 aromatic heterocycles. The van der Waals surface area contributed by atoms with Gasteiger partial charge in [-0.2, -0.15) is 0 Å². The van der Waals surface area contributed by atoms with Gasteiger partial charge in [0.15, 0.2) is 0 Å². The molecule has 18 heavy (non-hydrogen) atoms. The Morgan fingerprint density at radius 2 is 2.06 bits per heavy atom. The molecule has 1 amide bonds. The Kier molecular flexibility index (Phi) is 5.01. The highest BCUT2D eigenvalue weighted by molar-refractivity contribution is 5.76. The second-order valence-electron chi connectivity index (χ2n) is 5.94. The topological polar surface area (TPSA) is 58.4 Å². The standard InChI is InChI=1S/C14H27N3O/c1-11(10-13-4-2-3-7-16-13)17-8-5-12(6-9-17)14(15)18/h11-13,16H,2-10H2,1H3,(H2,15,18). The summed E-state index contributed by atoms with van der Waals surface area (Å²) in [5, 5.41) is 3.62. The van der Waals surface area contributed by atoms with Crippen molar-refractivity contribution < 1.29 is 4.79 Å². The fourth-order valence-corrected chi connectivity index (χ4v) is 3.31. The van der Waals surface area contributed by atoms with E-state index in [1.54, 1.807) is 0 Å². The van der Waals surface area contributed by atoms with E-state index in [-0.39, 0.29) is 11.8 Å². The van der Waals surface area contributed by atoms with Crippen molar-refractivity contribution >= 4 is 5.91 Å². The van der Waals surface area contributed by atoms with Crippen LogP contribution < -0.4 is 11.1 Å². The molecule has 0 saturated carbocycles.